The molecule has 0 radical (unpaired) electrons. The van der Waals surface area contributed by atoms with E-state index in [4.69, 9.17) is 15.2 Å². The Morgan fingerprint density at radius 2 is 1.93 bits per heavy atom. The molecule has 0 amide bonds. The summed E-state index contributed by atoms with van der Waals surface area (Å²) in [5.74, 6) is 1.95. The van der Waals surface area contributed by atoms with Gasteiger partial charge >= 0.3 is 0 Å². The molecule has 4 rings (SSSR count). The summed E-state index contributed by atoms with van der Waals surface area (Å²) in [6.07, 6.45) is 4.37. The topological polar surface area (TPSA) is 68.9 Å². The molecule has 0 saturated heterocycles. The second-order valence-corrected chi connectivity index (χ2v) is 7.61. The summed E-state index contributed by atoms with van der Waals surface area (Å²) in [5.41, 5.74) is 9.91. The van der Waals surface area contributed by atoms with E-state index in [1.807, 2.05) is 18.2 Å². The molecule has 5 heteroatoms. The number of hydrogen-bond donors (Lipinski definition) is 2. The van der Waals surface area contributed by atoms with Crippen molar-refractivity contribution in [1.29, 1.82) is 0 Å². The van der Waals surface area contributed by atoms with Gasteiger partial charge in [0, 0.05) is 23.6 Å². The summed E-state index contributed by atoms with van der Waals surface area (Å²) in [5, 5.41) is 3.19. The van der Waals surface area contributed by atoms with Gasteiger partial charge in [0.1, 0.15) is 0 Å². The first-order valence-corrected chi connectivity index (χ1v) is 9.69. The minimum absolute atomic E-state index is 0.0336. The Morgan fingerprint density at radius 1 is 1.11 bits per heavy atom. The molecule has 0 aromatic heterocycles. The Kier molecular flexibility index (Phi) is 4.92. The molecular weight excluding hydrogens is 338 g/mol. The smallest absolute Gasteiger partial charge is 0.193 e. The number of rotatable bonds is 3. The van der Waals surface area contributed by atoms with Gasteiger partial charge in [0.15, 0.2) is 17.5 Å². The molecule has 1 aliphatic carbocycles. The summed E-state index contributed by atoms with van der Waals surface area (Å²) in [7, 11) is 0. The Hall–Kier alpha value is -2.69. The number of aliphatic imine (C=N–C) groups is 1. The van der Waals surface area contributed by atoms with Crippen LogP contribution < -0.4 is 20.5 Å². The van der Waals surface area contributed by atoms with Crippen molar-refractivity contribution >= 4 is 11.6 Å². The van der Waals surface area contributed by atoms with Crippen LogP contribution in [0.2, 0.25) is 0 Å². The van der Waals surface area contributed by atoms with Crippen molar-refractivity contribution in [3.63, 3.8) is 0 Å². The maximum atomic E-state index is 6.18. The third-order valence-corrected chi connectivity index (χ3v) is 5.46. The fourth-order valence-corrected chi connectivity index (χ4v) is 3.98. The number of guanidine groups is 1. The fraction of sp³-hybridized carbons (Fsp3) is 0.409. The number of anilines is 1. The van der Waals surface area contributed by atoms with Crippen molar-refractivity contribution < 1.29 is 9.47 Å². The van der Waals surface area contributed by atoms with Gasteiger partial charge in [-0.05, 0) is 42.5 Å². The van der Waals surface area contributed by atoms with Gasteiger partial charge in [0.2, 0.25) is 0 Å². The van der Waals surface area contributed by atoms with Gasteiger partial charge in [-0.3, -0.25) is 4.99 Å². The van der Waals surface area contributed by atoms with Gasteiger partial charge in [-0.25, -0.2) is 0 Å². The number of nitrogens with zero attached hydrogens (tertiary/aromatic N) is 1. The molecule has 142 valence electrons. The van der Waals surface area contributed by atoms with Crippen LogP contribution in [0.15, 0.2) is 47.5 Å². The molecule has 2 aromatic carbocycles. The first-order chi connectivity index (χ1) is 13.1. The monoisotopic (exact) mass is 365 g/mol. The van der Waals surface area contributed by atoms with E-state index >= 15 is 0 Å². The molecule has 0 fully saturated rings. The second-order valence-electron chi connectivity index (χ2n) is 7.61. The molecule has 1 unspecified atom stereocenters. The number of hydrogen-bond acceptors (Lipinski definition) is 3. The molecule has 2 aliphatic rings. The largest absolute Gasteiger partial charge is 0.490 e. The zero-order chi connectivity index (χ0) is 18.7. The molecule has 2 aromatic rings. The van der Waals surface area contributed by atoms with Crippen LogP contribution in [0.4, 0.5) is 5.69 Å². The van der Waals surface area contributed by atoms with Crippen LogP contribution >= 0.6 is 0 Å². The predicted molar refractivity (Wildman–Crippen MR) is 109 cm³/mol. The molecule has 5 nitrogen and oxygen atoms in total. The number of aryl methyl sites for hydroxylation is 1. The summed E-state index contributed by atoms with van der Waals surface area (Å²) in [4.78, 5) is 4.66. The maximum Gasteiger partial charge on any atom is 0.193 e. The lowest BCUT2D eigenvalue weighted by atomic mass is 9.71. The van der Waals surface area contributed by atoms with E-state index in [9.17, 15) is 0 Å². The van der Waals surface area contributed by atoms with Gasteiger partial charge < -0.3 is 20.5 Å². The van der Waals surface area contributed by atoms with E-state index in [2.05, 4.69) is 41.5 Å². The maximum absolute atomic E-state index is 6.18. The standard InChI is InChI=1S/C22H27N3O2/c1-22(11-4-7-16-6-2-3-8-18(16)22)15-24-21(23)25-17-9-10-19-20(14-17)27-13-5-12-26-19/h2-3,6,8-10,14H,4-5,7,11-13,15H2,1H3,(H3,23,24,25). The van der Waals surface area contributed by atoms with Crippen LogP contribution in [0.5, 0.6) is 11.5 Å². The normalized spacial score (nSPS) is 21.9. The van der Waals surface area contributed by atoms with Crippen molar-refractivity contribution in [2.75, 3.05) is 25.1 Å². The summed E-state index contributed by atoms with van der Waals surface area (Å²) >= 11 is 0. The highest BCUT2D eigenvalue weighted by Crippen LogP contribution is 2.37. The van der Waals surface area contributed by atoms with Gasteiger partial charge in [-0.2, -0.15) is 0 Å². The number of nitrogens with two attached hydrogens (primary N) is 1. The van der Waals surface area contributed by atoms with Gasteiger partial charge in [-0.1, -0.05) is 31.2 Å². The number of fused-ring (bicyclic) bond motifs is 2. The van der Waals surface area contributed by atoms with E-state index in [1.54, 1.807) is 0 Å². The average Bonchev–Trinajstić information content (AvgIpc) is 2.92. The number of ether oxygens (including phenoxy) is 2. The highest BCUT2D eigenvalue weighted by atomic mass is 16.5. The van der Waals surface area contributed by atoms with Gasteiger partial charge in [0.25, 0.3) is 0 Å². The third kappa shape index (κ3) is 3.87. The van der Waals surface area contributed by atoms with Crippen molar-refractivity contribution in [1.82, 2.24) is 0 Å². The summed E-state index contributed by atoms with van der Waals surface area (Å²) < 4.78 is 11.4. The van der Waals surface area contributed by atoms with E-state index in [-0.39, 0.29) is 5.41 Å². The van der Waals surface area contributed by atoms with Crippen molar-refractivity contribution in [2.24, 2.45) is 10.7 Å². The molecule has 0 bridgehead atoms. The summed E-state index contributed by atoms with van der Waals surface area (Å²) in [6, 6.07) is 14.5. The SMILES string of the molecule is CC1(CN=C(N)Nc2ccc3c(c2)OCCCO3)CCCc2ccccc21. The highest BCUT2D eigenvalue weighted by molar-refractivity contribution is 5.92. The van der Waals surface area contributed by atoms with E-state index in [0.29, 0.717) is 25.7 Å². The molecule has 1 aliphatic heterocycles. The molecule has 1 atom stereocenters. The highest BCUT2D eigenvalue weighted by Gasteiger charge is 2.31. The van der Waals surface area contributed by atoms with Crippen LogP contribution in [-0.4, -0.2) is 25.7 Å². The first-order valence-electron chi connectivity index (χ1n) is 9.69. The Bertz CT molecular complexity index is 849. The average molecular weight is 365 g/mol. The number of benzene rings is 2. The molecular formula is C22H27N3O2. The fourth-order valence-electron chi connectivity index (χ4n) is 3.98. The van der Waals surface area contributed by atoms with Crippen molar-refractivity contribution in [3.8, 4) is 11.5 Å². The molecule has 1 heterocycles. The predicted octanol–water partition coefficient (Wildman–Crippen LogP) is 3.87. The lowest BCUT2D eigenvalue weighted by molar-refractivity contribution is 0.297. The summed E-state index contributed by atoms with van der Waals surface area (Å²) in [6.45, 7) is 4.31. The third-order valence-electron chi connectivity index (χ3n) is 5.46. The van der Waals surface area contributed by atoms with Crippen LogP contribution in [0.1, 0.15) is 37.3 Å². The Balaban J connectivity index is 1.47. The first kappa shape index (κ1) is 17.7. The molecule has 0 spiro atoms. The minimum Gasteiger partial charge on any atom is -0.490 e. The Labute approximate surface area is 160 Å². The minimum atomic E-state index is 0.0336. The van der Waals surface area contributed by atoms with E-state index < -0.39 is 0 Å². The van der Waals surface area contributed by atoms with Crippen LogP contribution in [0.25, 0.3) is 0 Å². The van der Waals surface area contributed by atoms with Gasteiger partial charge in [-0.15, -0.1) is 0 Å². The Morgan fingerprint density at radius 3 is 2.81 bits per heavy atom. The lowest BCUT2D eigenvalue weighted by Gasteiger charge is -2.34. The van der Waals surface area contributed by atoms with Crippen LogP contribution in [-0.2, 0) is 11.8 Å². The van der Waals surface area contributed by atoms with Crippen LogP contribution in [0.3, 0.4) is 0 Å². The molecule has 0 saturated carbocycles. The zero-order valence-corrected chi connectivity index (χ0v) is 15.8. The van der Waals surface area contributed by atoms with Crippen LogP contribution in [0, 0.1) is 0 Å². The molecule has 27 heavy (non-hydrogen) atoms. The van der Waals surface area contributed by atoms with Crippen molar-refractivity contribution in [3.05, 3.63) is 53.6 Å². The van der Waals surface area contributed by atoms with Gasteiger partial charge in [0.05, 0.1) is 19.8 Å². The van der Waals surface area contributed by atoms with Crippen molar-refractivity contribution in [2.45, 2.75) is 38.0 Å². The second kappa shape index (κ2) is 7.51. The lowest BCUT2D eigenvalue weighted by Crippen LogP contribution is -2.33. The quantitative estimate of drug-likeness (QED) is 0.640. The molecule has 3 N–H and O–H groups in total. The number of nitrogens with one attached hydrogen (secondary N) is 1. The van der Waals surface area contributed by atoms with E-state index in [0.717, 1.165) is 36.4 Å². The zero-order valence-electron chi connectivity index (χ0n) is 15.8. The van der Waals surface area contributed by atoms with E-state index in [1.165, 1.54) is 17.5 Å².